The fraction of sp³-hybridized carbons (Fsp3) is 0.750. The summed E-state index contributed by atoms with van der Waals surface area (Å²) in [7, 11) is 1.69. The highest BCUT2D eigenvalue weighted by Gasteiger charge is 2.24. The van der Waals surface area contributed by atoms with Crippen LogP contribution in [0.5, 0.6) is 0 Å². The standard InChI is InChI=1S/C16H31N7O2.HI/c1-8-23-11-20-22-12(23)9-18-13(17-7)19-10-16(5,6)21-14(24)25-15(2,3)4;/h11H,8-10H2,1-7H3,(H,21,24)(H2,17,18,19);1H. The molecule has 0 unspecified atom stereocenters. The van der Waals surface area contributed by atoms with Crippen molar-refractivity contribution in [3.8, 4) is 0 Å². The van der Waals surface area contributed by atoms with E-state index >= 15 is 0 Å². The van der Waals surface area contributed by atoms with Crippen molar-refractivity contribution >= 4 is 36.0 Å². The lowest BCUT2D eigenvalue weighted by molar-refractivity contribution is 0.0474. The van der Waals surface area contributed by atoms with E-state index in [-0.39, 0.29) is 24.0 Å². The van der Waals surface area contributed by atoms with Gasteiger partial charge in [-0.3, -0.25) is 4.99 Å². The summed E-state index contributed by atoms with van der Waals surface area (Å²) >= 11 is 0. The molecule has 0 bridgehead atoms. The molecule has 0 fully saturated rings. The van der Waals surface area contributed by atoms with Gasteiger partial charge < -0.3 is 25.3 Å². The predicted octanol–water partition coefficient (Wildman–Crippen LogP) is 1.88. The number of aliphatic imine (C=N–C) groups is 1. The fourth-order valence-corrected chi connectivity index (χ4v) is 1.99. The van der Waals surface area contributed by atoms with Gasteiger partial charge in [-0.25, -0.2) is 4.79 Å². The average molecular weight is 481 g/mol. The molecule has 9 nitrogen and oxygen atoms in total. The van der Waals surface area contributed by atoms with Crippen molar-refractivity contribution in [1.29, 1.82) is 0 Å². The van der Waals surface area contributed by atoms with Crippen LogP contribution in [0.4, 0.5) is 4.79 Å². The van der Waals surface area contributed by atoms with Crippen molar-refractivity contribution in [2.75, 3.05) is 13.6 Å². The van der Waals surface area contributed by atoms with Crippen LogP contribution in [0.15, 0.2) is 11.3 Å². The second-order valence-corrected chi connectivity index (χ2v) is 7.32. The molecule has 0 aliphatic heterocycles. The first-order valence-electron chi connectivity index (χ1n) is 8.38. The number of guanidine groups is 1. The summed E-state index contributed by atoms with van der Waals surface area (Å²) in [6.45, 7) is 13.1. The Morgan fingerprint density at radius 1 is 1.27 bits per heavy atom. The number of nitrogens with one attached hydrogen (secondary N) is 3. The Labute approximate surface area is 172 Å². The van der Waals surface area contributed by atoms with Crippen LogP contribution in [-0.4, -0.2) is 51.5 Å². The van der Waals surface area contributed by atoms with E-state index in [4.69, 9.17) is 4.74 Å². The number of alkyl carbamates (subject to hydrolysis) is 1. The van der Waals surface area contributed by atoms with Crippen molar-refractivity contribution in [2.24, 2.45) is 4.99 Å². The molecule has 1 amide bonds. The van der Waals surface area contributed by atoms with Gasteiger partial charge in [0.2, 0.25) is 0 Å². The molecule has 0 saturated heterocycles. The van der Waals surface area contributed by atoms with Gasteiger partial charge in [0.25, 0.3) is 0 Å². The molecule has 1 rings (SSSR count). The molecule has 0 atom stereocenters. The highest BCUT2D eigenvalue weighted by atomic mass is 127. The second-order valence-electron chi connectivity index (χ2n) is 7.32. The molecule has 1 aromatic heterocycles. The zero-order valence-electron chi connectivity index (χ0n) is 16.7. The monoisotopic (exact) mass is 481 g/mol. The molecule has 1 aromatic rings. The van der Waals surface area contributed by atoms with E-state index in [1.54, 1.807) is 13.4 Å². The summed E-state index contributed by atoms with van der Waals surface area (Å²) in [4.78, 5) is 16.1. The van der Waals surface area contributed by atoms with Crippen LogP contribution in [0.3, 0.4) is 0 Å². The first-order valence-corrected chi connectivity index (χ1v) is 8.38. The van der Waals surface area contributed by atoms with Crippen LogP contribution in [-0.2, 0) is 17.8 Å². The summed E-state index contributed by atoms with van der Waals surface area (Å²) in [5.74, 6) is 1.45. The van der Waals surface area contributed by atoms with Gasteiger partial charge in [-0.15, -0.1) is 34.2 Å². The number of carbonyl (C=O) groups excluding carboxylic acids is 1. The summed E-state index contributed by atoms with van der Waals surface area (Å²) in [5.41, 5.74) is -1.04. The molecule has 0 saturated carbocycles. The normalized spacial score (nSPS) is 12.2. The van der Waals surface area contributed by atoms with Gasteiger partial charge in [-0.05, 0) is 41.5 Å². The summed E-state index contributed by atoms with van der Waals surface area (Å²) in [5, 5.41) is 17.2. The average Bonchev–Trinajstić information content (AvgIpc) is 2.92. The molecule has 1 heterocycles. The van der Waals surface area contributed by atoms with Crippen molar-refractivity contribution in [1.82, 2.24) is 30.7 Å². The van der Waals surface area contributed by atoms with Crippen molar-refractivity contribution in [2.45, 2.75) is 65.8 Å². The maximum absolute atomic E-state index is 11.9. The maximum Gasteiger partial charge on any atom is 0.408 e. The fourth-order valence-electron chi connectivity index (χ4n) is 1.99. The van der Waals surface area contributed by atoms with Crippen LogP contribution in [0.2, 0.25) is 0 Å². The number of hydrogen-bond donors (Lipinski definition) is 3. The number of nitrogens with zero attached hydrogens (tertiary/aromatic N) is 4. The lowest BCUT2D eigenvalue weighted by Gasteiger charge is -2.29. The first-order chi connectivity index (χ1) is 11.6. The highest BCUT2D eigenvalue weighted by Crippen LogP contribution is 2.09. The smallest absolute Gasteiger partial charge is 0.408 e. The van der Waals surface area contributed by atoms with Gasteiger partial charge in [0.1, 0.15) is 11.9 Å². The second kappa shape index (κ2) is 10.5. The van der Waals surface area contributed by atoms with Crippen LogP contribution in [0, 0.1) is 0 Å². The first kappa shape index (κ1) is 24.4. The van der Waals surface area contributed by atoms with E-state index in [0.717, 1.165) is 12.4 Å². The van der Waals surface area contributed by atoms with Gasteiger partial charge in [-0.2, -0.15) is 0 Å². The number of hydrogen-bond acceptors (Lipinski definition) is 5. The van der Waals surface area contributed by atoms with E-state index in [2.05, 4.69) is 31.1 Å². The maximum atomic E-state index is 11.9. The number of carbonyl (C=O) groups is 1. The van der Waals surface area contributed by atoms with Crippen LogP contribution in [0.25, 0.3) is 0 Å². The van der Waals surface area contributed by atoms with Crippen molar-refractivity contribution < 1.29 is 9.53 Å². The Balaban J connectivity index is 0.00000625. The molecule has 10 heteroatoms. The third-order valence-corrected chi connectivity index (χ3v) is 3.21. The number of aryl methyl sites for hydroxylation is 1. The number of ether oxygens (including phenoxy) is 1. The molecule has 0 spiro atoms. The minimum Gasteiger partial charge on any atom is -0.444 e. The zero-order chi connectivity index (χ0) is 19.1. The van der Waals surface area contributed by atoms with Crippen molar-refractivity contribution in [3.63, 3.8) is 0 Å². The van der Waals surface area contributed by atoms with E-state index < -0.39 is 17.2 Å². The Bertz CT molecular complexity index is 594. The van der Waals surface area contributed by atoms with Crippen LogP contribution >= 0.6 is 24.0 Å². The Hall–Kier alpha value is -1.59. The summed E-state index contributed by atoms with van der Waals surface area (Å²) in [6, 6.07) is 0. The van der Waals surface area contributed by atoms with Crippen molar-refractivity contribution in [3.05, 3.63) is 12.2 Å². The molecule has 26 heavy (non-hydrogen) atoms. The molecule has 0 aromatic carbocycles. The SMILES string of the molecule is CCn1cnnc1CNC(=NC)NCC(C)(C)NC(=O)OC(C)(C)C.I. The van der Waals surface area contributed by atoms with E-state index in [1.807, 2.05) is 46.1 Å². The van der Waals surface area contributed by atoms with Crippen LogP contribution < -0.4 is 16.0 Å². The zero-order valence-corrected chi connectivity index (χ0v) is 19.0. The molecular formula is C16H32IN7O2. The quantitative estimate of drug-likeness (QED) is 0.326. The molecule has 150 valence electrons. The third kappa shape index (κ3) is 9.20. The summed E-state index contributed by atoms with van der Waals surface area (Å²) < 4.78 is 7.24. The molecule has 0 aliphatic carbocycles. The number of halogens is 1. The Morgan fingerprint density at radius 3 is 2.46 bits per heavy atom. The van der Waals surface area contributed by atoms with Gasteiger partial charge >= 0.3 is 6.09 Å². The van der Waals surface area contributed by atoms with Crippen LogP contribution in [0.1, 0.15) is 47.4 Å². The molecule has 0 radical (unpaired) electrons. The molecule has 3 N–H and O–H groups in total. The Morgan fingerprint density at radius 2 is 1.92 bits per heavy atom. The third-order valence-electron chi connectivity index (χ3n) is 3.21. The number of amides is 1. The minimum absolute atomic E-state index is 0. The number of aromatic nitrogens is 3. The lowest BCUT2D eigenvalue weighted by atomic mass is 10.1. The van der Waals surface area contributed by atoms with E-state index in [1.165, 1.54) is 0 Å². The largest absolute Gasteiger partial charge is 0.444 e. The lowest BCUT2D eigenvalue weighted by Crippen LogP contribution is -2.54. The topological polar surface area (TPSA) is 105 Å². The molecule has 0 aliphatic rings. The van der Waals surface area contributed by atoms with E-state index in [9.17, 15) is 4.79 Å². The molecular weight excluding hydrogens is 449 g/mol. The predicted molar refractivity (Wildman–Crippen MR) is 113 cm³/mol. The van der Waals surface area contributed by atoms with Gasteiger partial charge in [0.05, 0.1) is 12.1 Å². The van der Waals surface area contributed by atoms with Gasteiger partial charge in [0, 0.05) is 20.1 Å². The van der Waals surface area contributed by atoms with Gasteiger partial charge in [0.15, 0.2) is 11.8 Å². The summed E-state index contributed by atoms with van der Waals surface area (Å²) in [6.07, 6.45) is 1.25. The Kier molecular flexibility index (Phi) is 9.89. The van der Waals surface area contributed by atoms with E-state index in [0.29, 0.717) is 19.0 Å². The highest BCUT2D eigenvalue weighted by molar-refractivity contribution is 14.0. The number of rotatable bonds is 6. The minimum atomic E-state index is -0.527. The van der Waals surface area contributed by atoms with Gasteiger partial charge in [-0.1, -0.05) is 0 Å².